The van der Waals surface area contributed by atoms with E-state index in [0.29, 0.717) is 11.6 Å². The maximum Gasteiger partial charge on any atom is 0.435 e. The third-order valence-corrected chi connectivity index (χ3v) is 3.51. The number of alkyl halides is 3. The zero-order chi connectivity index (χ0) is 20.5. The Bertz CT molecular complexity index is 532. The molecule has 7 heteroatoms. The summed E-state index contributed by atoms with van der Waals surface area (Å²) in [4.78, 5) is 10.2. The van der Waals surface area contributed by atoms with Crippen LogP contribution in [0.25, 0.3) is 0 Å². The number of hydrogen-bond donors (Lipinski definition) is 1. The molecule has 1 unspecified atom stereocenters. The van der Waals surface area contributed by atoms with Crippen molar-refractivity contribution >= 4 is 5.97 Å². The summed E-state index contributed by atoms with van der Waals surface area (Å²) in [5, 5.41) is 5.92. The van der Waals surface area contributed by atoms with E-state index in [9.17, 15) is 18.0 Å². The Morgan fingerprint density at radius 2 is 1.77 bits per heavy atom. The molecule has 1 aromatic heterocycles. The molecule has 152 valence electrons. The van der Waals surface area contributed by atoms with Crippen molar-refractivity contribution in [2.75, 3.05) is 0 Å². The van der Waals surface area contributed by atoms with Crippen LogP contribution in [0.15, 0.2) is 6.07 Å². The van der Waals surface area contributed by atoms with Gasteiger partial charge in [0.05, 0.1) is 0 Å². The average molecular weight is 378 g/mol. The summed E-state index contributed by atoms with van der Waals surface area (Å²) in [5.74, 6) is 0.493. The number of carbonyl (C=O) groups is 1. The van der Waals surface area contributed by atoms with Crippen LogP contribution in [0.5, 0.6) is 0 Å². The van der Waals surface area contributed by atoms with Crippen molar-refractivity contribution in [2.24, 2.45) is 5.92 Å². The molecule has 1 aromatic rings. The van der Waals surface area contributed by atoms with Crippen LogP contribution in [0.3, 0.4) is 0 Å². The van der Waals surface area contributed by atoms with Crippen LogP contribution < -0.4 is 0 Å². The molecule has 0 fully saturated rings. The molecule has 4 nitrogen and oxygen atoms in total. The summed E-state index contributed by atoms with van der Waals surface area (Å²) in [6.07, 6.45) is -0.574. The smallest absolute Gasteiger partial charge is 0.435 e. The predicted octanol–water partition coefficient (Wildman–Crippen LogP) is 6.10. The third-order valence-electron chi connectivity index (χ3n) is 3.51. The Balaban J connectivity index is 0.000000660. The maximum atomic E-state index is 12.5. The standard InChI is InChI=1S/C13H21F3N2.C6H12O2/c1-4-5-10(7-6-9(2)3)11-8-12(18-17-11)13(14,15)16;1-5(7)8-6(2,3)4/h8-10H,4-7H2,1-3H3,(H,17,18);1-4H3. The molecular formula is C19H33F3N2O2. The number of hydrogen-bond acceptors (Lipinski definition) is 3. The zero-order valence-electron chi connectivity index (χ0n) is 17.0. The molecule has 0 bridgehead atoms. The van der Waals surface area contributed by atoms with Crippen LogP contribution in [0.2, 0.25) is 0 Å². The van der Waals surface area contributed by atoms with Crippen molar-refractivity contribution in [1.82, 2.24) is 10.2 Å². The highest BCUT2D eigenvalue weighted by atomic mass is 19.4. The highest BCUT2D eigenvalue weighted by Crippen LogP contribution is 2.32. The largest absolute Gasteiger partial charge is 0.460 e. The van der Waals surface area contributed by atoms with Crippen molar-refractivity contribution in [2.45, 2.75) is 91.8 Å². The molecule has 1 heterocycles. The zero-order valence-corrected chi connectivity index (χ0v) is 17.0. The van der Waals surface area contributed by atoms with Crippen LogP contribution in [-0.4, -0.2) is 21.8 Å². The molecule has 1 N–H and O–H groups in total. The molecule has 0 aliphatic rings. The number of nitrogens with zero attached hydrogens (tertiary/aromatic N) is 1. The van der Waals surface area contributed by atoms with Gasteiger partial charge in [-0.2, -0.15) is 18.3 Å². The maximum absolute atomic E-state index is 12.5. The van der Waals surface area contributed by atoms with E-state index < -0.39 is 11.9 Å². The number of H-pyrrole nitrogens is 1. The topological polar surface area (TPSA) is 55.0 Å². The fraction of sp³-hybridized carbons (Fsp3) is 0.789. The Morgan fingerprint density at radius 3 is 2.08 bits per heavy atom. The van der Waals surface area contributed by atoms with Crippen molar-refractivity contribution in [1.29, 1.82) is 0 Å². The van der Waals surface area contributed by atoms with E-state index in [4.69, 9.17) is 4.74 Å². The van der Waals surface area contributed by atoms with Gasteiger partial charge in [0.2, 0.25) is 0 Å². The van der Waals surface area contributed by atoms with Gasteiger partial charge in [-0.15, -0.1) is 0 Å². The monoisotopic (exact) mass is 378 g/mol. The third kappa shape index (κ3) is 11.2. The Morgan fingerprint density at radius 1 is 1.19 bits per heavy atom. The second-order valence-electron chi connectivity index (χ2n) is 7.87. The molecular weight excluding hydrogens is 345 g/mol. The van der Waals surface area contributed by atoms with Crippen LogP contribution in [0, 0.1) is 5.92 Å². The number of aromatic nitrogens is 2. The first-order chi connectivity index (χ1) is 11.8. The number of rotatable bonds is 6. The summed E-state index contributed by atoms with van der Waals surface area (Å²) in [5.41, 5.74) is -0.528. The van der Waals surface area contributed by atoms with Gasteiger partial charge in [0.25, 0.3) is 0 Å². The second kappa shape index (κ2) is 10.6. The van der Waals surface area contributed by atoms with Crippen molar-refractivity contribution in [3.63, 3.8) is 0 Å². The minimum atomic E-state index is -4.36. The lowest BCUT2D eigenvalue weighted by atomic mass is 9.91. The first kappa shape index (κ1) is 24.5. The Labute approximate surface area is 154 Å². The van der Waals surface area contributed by atoms with E-state index >= 15 is 0 Å². The number of carbonyl (C=O) groups excluding carboxylic acids is 1. The molecule has 0 aromatic carbocycles. The number of nitrogens with one attached hydrogen (secondary N) is 1. The normalized spacial score (nSPS) is 13.2. The van der Waals surface area contributed by atoms with E-state index in [1.807, 2.05) is 27.7 Å². The molecule has 1 rings (SSSR count). The molecule has 0 spiro atoms. The van der Waals surface area contributed by atoms with Gasteiger partial charge >= 0.3 is 12.1 Å². The van der Waals surface area contributed by atoms with Gasteiger partial charge in [-0.25, -0.2) is 0 Å². The minimum absolute atomic E-state index is 0.154. The lowest BCUT2D eigenvalue weighted by Gasteiger charge is -2.17. The van der Waals surface area contributed by atoms with Crippen LogP contribution in [0.1, 0.15) is 91.5 Å². The molecule has 0 aliphatic heterocycles. The minimum Gasteiger partial charge on any atom is -0.460 e. The highest BCUT2D eigenvalue weighted by Gasteiger charge is 2.34. The summed E-state index contributed by atoms with van der Waals surface area (Å²) < 4.78 is 42.2. The van der Waals surface area contributed by atoms with Gasteiger partial charge in [0, 0.05) is 18.5 Å². The number of halogens is 3. The molecule has 0 saturated carbocycles. The van der Waals surface area contributed by atoms with Gasteiger partial charge in [0.15, 0.2) is 5.69 Å². The van der Waals surface area contributed by atoms with Crippen molar-refractivity contribution in [3.8, 4) is 0 Å². The Hall–Kier alpha value is -1.53. The fourth-order valence-electron chi connectivity index (χ4n) is 2.46. The molecule has 0 saturated heterocycles. The van der Waals surface area contributed by atoms with Crippen LogP contribution in [-0.2, 0) is 15.7 Å². The van der Waals surface area contributed by atoms with Gasteiger partial charge in [-0.05, 0) is 45.6 Å². The number of aromatic amines is 1. The van der Waals surface area contributed by atoms with Crippen LogP contribution in [0.4, 0.5) is 13.2 Å². The van der Waals surface area contributed by atoms with Crippen molar-refractivity contribution in [3.05, 3.63) is 17.5 Å². The van der Waals surface area contributed by atoms with Gasteiger partial charge in [-0.3, -0.25) is 9.89 Å². The number of ether oxygens (including phenoxy) is 1. The van der Waals surface area contributed by atoms with E-state index in [0.717, 1.165) is 31.7 Å². The fourth-order valence-corrected chi connectivity index (χ4v) is 2.46. The Kier molecular flexibility index (Phi) is 9.96. The van der Waals surface area contributed by atoms with Gasteiger partial charge in [-0.1, -0.05) is 33.6 Å². The lowest BCUT2D eigenvalue weighted by Crippen LogP contribution is -2.21. The van der Waals surface area contributed by atoms with E-state index in [-0.39, 0.29) is 17.5 Å². The number of esters is 1. The first-order valence-corrected chi connectivity index (χ1v) is 9.08. The van der Waals surface area contributed by atoms with Crippen LogP contribution >= 0.6 is 0 Å². The molecule has 0 radical (unpaired) electrons. The second-order valence-corrected chi connectivity index (χ2v) is 7.87. The SMILES string of the molecule is CC(=O)OC(C)(C)C.CCCC(CCC(C)C)c1cc(C(F)(F)F)n[nH]1. The first-order valence-electron chi connectivity index (χ1n) is 9.08. The molecule has 1 atom stereocenters. The highest BCUT2D eigenvalue weighted by molar-refractivity contribution is 5.66. The predicted molar refractivity (Wildman–Crippen MR) is 96.8 cm³/mol. The van der Waals surface area contributed by atoms with Gasteiger partial charge < -0.3 is 4.74 Å². The molecule has 0 amide bonds. The lowest BCUT2D eigenvalue weighted by molar-refractivity contribution is -0.151. The van der Waals surface area contributed by atoms with E-state index in [1.54, 1.807) is 0 Å². The summed E-state index contributed by atoms with van der Waals surface area (Å²) >= 11 is 0. The van der Waals surface area contributed by atoms with Gasteiger partial charge in [0.1, 0.15) is 5.60 Å². The molecule has 26 heavy (non-hydrogen) atoms. The summed E-state index contributed by atoms with van der Waals surface area (Å²) in [7, 11) is 0. The summed E-state index contributed by atoms with van der Waals surface area (Å²) in [6.45, 7) is 13.2. The van der Waals surface area contributed by atoms with E-state index in [1.165, 1.54) is 6.92 Å². The summed E-state index contributed by atoms with van der Waals surface area (Å²) in [6, 6.07) is 1.15. The quantitative estimate of drug-likeness (QED) is 0.609. The van der Waals surface area contributed by atoms with Crippen molar-refractivity contribution < 1.29 is 22.7 Å². The average Bonchev–Trinajstić information content (AvgIpc) is 2.90. The van der Waals surface area contributed by atoms with E-state index in [2.05, 4.69) is 24.0 Å². The molecule has 0 aliphatic carbocycles.